The molecule has 1 aromatic heterocycles. The van der Waals surface area contributed by atoms with E-state index in [4.69, 9.17) is 4.98 Å². The number of anilines is 1. The smallest absolute Gasteiger partial charge is 0.238 e. The Morgan fingerprint density at radius 2 is 1.76 bits per heavy atom. The van der Waals surface area contributed by atoms with Crippen LogP contribution in [0.4, 0.5) is 5.69 Å². The summed E-state index contributed by atoms with van der Waals surface area (Å²) >= 11 is 1.81. The van der Waals surface area contributed by atoms with Crippen LogP contribution in [0.1, 0.15) is 23.8 Å². The maximum Gasteiger partial charge on any atom is 0.238 e. The largest absolute Gasteiger partial charge is 0.324 e. The van der Waals surface area contributed by atoms with Crippen LogP contribution in [0.15, 0.2) is 66.7 Å². The van der Waals surface area contributed by atoms with Crippen LogP contribution in [0, 0.1) is 0 Å². The quantitative estimate of drug-likeness (QED) is 0.507. The van der Waals surface area contributed by atoms with Crippen molar-refractivity contribution >= 4 is 43.9 Å². The van der Waals surface area contributed by atoms with Gasteiger partial charge in [-0.05, 0) is 49.5 Å². The Bertz CT molecular complexity index is 1120. The maximum atomic E-state index is 12.6. The van der Waals surface area contributed by atoms with Crippen LogP contribution >= 0.6 is 11.3 Å². The van der Waals surface area contributed by atoms with Gasteiger partial charge in [-0.2, -0.15) is 0 Å². The number of likely N-dealkylation sites (tertiary alicyclic amines) is 1. The Labute approximate surface area is 174 Å². The molecule has 0 aliphatic carbocycles. The van der Waals surface area contributed by atoms with Crippen molar-refractivity contribution < 1.29 is 4.79 Å². The molecule has 29 heavy (non-hydrogen) atoms. The molecular weight excluding hydrogens is 378 g/mol. The van der Waals surface area contributed by atoms with Crippen molar-refractivity contribution in [2.75, 3.05) is 25.0 Å². The standard InChI is InChI=1S/C24H23N3OS/c28-23(25-20-10-5-7-17-6-1-2-8-19(17)20)16-27-14-12-18(13-15-27)24-26-21-9-3-4-11-22(21)29-24/h1-11,18H,12-16H2,(H,25,28). The van der Waals surface area contributed by atoms with E-state index in [0.29, 0.717) is 12.5 Å². The molecule has 2 heterocycles. The molecule has 3 aromatic carbocycles. The summed E-state index contributed by atoms with van der Waals surface area (Å²) in [6.45, 7) is 2.31. The molecule has 146 valence electrons. The fourth-order valence-corrected chi connectivity index (χ4v) is 5.27. The van der Waals surface area contributed by atoms with Gasteiger partial charge in [0, 0.05) is 17.0 Å². The fraction of sp³-hybridized carbons (Fsp3) is 0.250. The highest BCUT2D eigenvalue weighted by Crippen LogP contribution is 2.33. The molecule has 0 spiro atoms. The second-order valence-corrected chi connectivity index (χ2v) is 8.71. The number of carbonyl (C=O) groups is 1. The predicted octanol–water partition coefficient (Wildman–Crippen LogP) is 5.27. The van der Waals surface area contributed by atoms with Gasteiger partial charge in [-0.1, -0.05) is 48.5 Å². The number of nitrogens with one attached hydrogen (secondary N) is 1. The molecule has 0 atom stereocenters. The van der Waals surface area contributed by atoms with Crippen molar-refractivity contribution in [2.45, 2.75) is 18.8 Å². The van der Waals surface area contributed by atoms with Gasteiger partial charge in [0.25, 0.3) is 0 Å². The van der Waals surface area contributed by atoms with E-state index in [9.17, 15) is 4.79 Å². The molecule has 1 amide bonds. The zero-order valence-corrected chi connectivity index (χ0v) is 17.0. The minimum atomic E-state index is 0.0554. The molecule has 1 saturated heterocycles. The molecule has 5 heteroatoms. The van der Waals surface area contributed by atoms with Gasteiger partial charge in [0.2, 0.25) is 5.91 Å². The van der Waals surface area contributed by atoms with Crippen LogP contribution in [0.3, 0.4) is 0 Å². The number of amides is 1. The first-order valence-electron chi connectivity index (χ1n) is 10.1. The normalized spacial score (nSPS) is 15.7. The third-order valence-electron chi connectivity index (χ3n) is 5.68. The van der Waals surface area contributed by atoms with E-state index in [2.05, 4.69) is 46.6 Å². The second kappa shape index (κ2) is 7.93. The van der Waals surface area contributed by atoms with Gasteiger partial charge < -0.3 is 5.32 Å². The lowest BCUT2D eigenvalue weighted by atomic mass is 9.97. The minimum absolute atomic E-state index is 0.0554. The van der Waals surface area contributed by atoms with Crippen molar-refractivity contribution in [1.82, 2.24) is 9.88 Å². The molecule has 0 unspecified atom stereocenters. The number of aromatic nitrogens is 1. The van der Waals surface area contributed by atoms with Crippen LogP contribution in [-0.2, 0) is 4.79 Å². The van der Waals surface area contributed by atoms with Gasteiger partial charge in [-0.3, -0.25) is 9.69 Å². The molecule has 1 aliphatic rings. The number of fused-ring (bicyclic) bond motifs is 2. The Balaban J connectivity index is 1.19. The van der Waals surface area contributed by atoms with Crippen LogP contribution in [0.2, 0.25) is 0 Å². The lowest BCUT2D eigenvalue weighted by Crippen LogP contribution is -2.38. The lowest BCUT2D eigenvalue weighted by molar-refractivity contribution is -0.117. The summed E-state index contributed by atoms with van der Waals surface area (Å²) in [6, 6.07) is 22.5. The summed E-state index contributed by atoms with van der Waals surface area (Å²) in [7, 11) is 0. The summed E-state index contributed by atoms with van der Waals surface area (Å²) in [5.41, 5.74) is 1.99. The highest BCUT2D eigenvalue weighted by molar-refractivity contribution is 7.18. The van der Waals surface area contributed by atoms with Crippen LogP contribution in [0.25, 0.3) is 21.0 Å². The maximum absolute atomic E-state index is 12.6. The van der Waals surface area contributed by atoms with Crippen LogP contribution < -0.4 is 5.32 Å². The molecular formula is C24H23N3OS. The van der Waals surface area contributed by atoms with Crippen molar-refractivity contribution in [3.63, 3.8) is 0 Å². The number of nitrogens with zero attached hydrogens (tertiary/aromatic N) is 2. The number of thiazole rings is 1. The van der Waals surface area contributed by atoms with Crippen LogP contribution in [-0.4, -0.2) is 35.4 Å². The fourth-order valence-electron chi connectivity index (χ4n) is 4.13. The Morgan fingerprint density at radius 3 is 2.62 bits per heavy atom. The average Bonchev–Trinajstić information content (AvgIpc) is 3.19. The lowest BCUT2D eigenvalue weighted by Gasteiger charge is -2.30. The van der Waals surface area contributed by atoms with Crippen LogP contribution in [0.5, 0.6) is 0 Å². The van der Waals surface area contributed by atoms with E-state index < -0.39 is 0 Å². The molecule has 1 fully saturated rings. The van der Waals surface area contributed by atoms with Crippen molar-refractivity contribution in [3.8, 4) is 0 Å². The first-order valence-corrected chi connectivity index (χ1v) is 10.9. The van der Waals surface area contributed by atoms with Gasteiger partial charge in [-0.25, -0.2) is 4.98 Å². The summed E-state index contributed by atoms with van der Waals surface area (Å²) in [5, 5.41) is 6.57. The Morgan fingerprint density at radius 1 is 1.00 bits per heavy atom. The first kappa shape index (κ1) is 18.3. The first-order chi connectivity index (χ1) is 14.3. The highest BCUT2D eigenvalue weighted by atomic mass is 32.1. The summed E-state index contributed by atoms with van der Waals surface area (Å²) in [4.78, 5) is 19.7. The zero-order chi connectivity index (χ0) is 19.6. The number of hydrogen-bond acceptors (Lipinski definition) is 4. The minimum Gasteiger partial charge on any atom is -0.324 e. The summed E-state index contributed by atoms with van der Waals surface area (Å²) in [5.74, 6) is 0.560. The molecule has 4 aromatic rings. The molecule has 1 aliphatic heterocycles. The number of rotatable bonds is 4. The third-order valence-corrected chi connectivity index (χ3v) is 6.88. The summed E-state index contributed by atoms with van der Waals surface area (Å²) < 4.78 is 1.26. The molecule has 4 nitrogen and oxygen atoms in total. The third kappa shape index (κ3) is 3.88. The second-order valence-electron chi connectivity index (χ2n) is 7.65. The van der Waals surface area contributed by atoms with Crippen molar-refractivity contribution in [1.29, 1.82) is 0 Å². The van der Waals surface area contributed by atoms with E-state index >= 15 is 0 Å². The molecule has 0 saturated carbocycles. The number of piperidine rings is 1. The number of hydrogen-bond donors (Lipinski definition) is 1. The Kier molecular flexibility index (Phi) is 5.00. The summed E-state index contributed by atoms with van der Waals surface area (Å²) in [6.07, 6.45) is 2.11. The SMILES string of the molecule is O=C(CN1CCC(c2nc3ccccc3s2)CC1)Nc1cccc2ccccc12. The van der Waals surface area contributed by atoms with E-state index in [0.717, 1.165) is 47.9 Å². The topological polar surface area (TPSA) is 45.2 Å². The number of carbonyl (C=O) groups excluding carboxylic acids is 1. The van der Waals surface area contributed by atoms with E-state index in [-0.39, 0.29) is 5.91 Å². The van der Waals surface area contributed by atoms with E-state index in [1.807, 2.05) is 41.7 Å². The van der Waals surface area contributed by atoms with E-state index in [1.165, 1.54) is 9.71 Å². The van der Waals surface area contributed by atoms with Crippen molar-refractivity contribution in [2.24, 2.45) is 0 Å². The average molecular weight is 402 g/mol. The molecule has 5 rings (SSSR count). The van der Waals surface area contributed by atoms with Gasteiger partial charge in [0.15, 0.2) is 0 Å². The van der Waals surface area contributed by atoms with Gasteiger partial charge >= 0.3 is 0 Å². The zero-order valence-electron chi connectivity index (χ0n) is 16.2. The van der Waals surface area contributed by atoms with Crippen molar-refractivity contribution in [3.05, 3.63) is 71.7 Å². The highest BCUT2D eigenvalue weighted by Gasteiger charge is 2.24. The number of benzene rings is 3. The Hall–Kier alpha value is -2.76. The van der Waals surface area contributed by atoms with Gasteiger partial charge in [-0.15, -0.1) is 11.3 Å². The van der Waals surface area contributed by atoms with E-state index in [1.54, 1.807) is 0 Å². The molecule has 1 N–H and O–H groups in total. The number of para-hydroxylation sites is 1. The van der Waals surface area contributed by atoms with Gasteiger partial charge in [0.1, 0.15) is 0 Å². The predicted molar refractivity (Wildman–Crippen MR) is 121 cm³/mol. The molecule has 0 bridgehead atoms. The van der Waals surface area contributed by atoms with Gasteiger partial charge in [0.05, 0.1) is 21.8 Å². The molecule has 0 radical (unpaired) electrons. The monoisotopic (exact) mass is 401 g/mol.